The number of hydrogen-bond acceptors (Lipinski definition) is 2. The molecule has 1 atom stereocenters. The number of rotatable bonds is 4. The monoisotopic (exact) mass is 270 g/mol. The normalized spacial score (nSPS) is 29.9. The third kappa shape index (κ3) is 2.64. The van der Waals surface area contributed by atoms with E-state index in [1.165, 1.54) is 57.3 Å². The van der Waals surface area contributed by atoms with Gasteiger partial charge >= 0.3 is 0 Å². The van der Waals surface area contributed by atoms with E-state index in [1.807, 2.05) is 0 Å². The van der Waals surface area contributed by atoms with E-state index in [0.717, 1.165) is 17.9 Å². The van der Waals surface area contributed by atoms with E-state index < -0.39 is 0 Å². The van der Waals surface area contributed by atoms with Crippen LogP contribution in [0.4, 0.5) is 0 Å². The van der Waals surface area contributed by atoms with E-state index in [1.54, 1.807) is 0 Å². The third-order valence-electron chi connectivity index (χ3n) is 5.56. The highest BCUT2D eigenvalue weighted by atomic mass is 15.2. The van der Waals surface area contributed by atoms with E-state index in [4.69, 9.17) is 0 Å². The van der Waals surface area contributed by atoms with Gasteiger partial charge in [0.25, 0.3) is 0 Å². The van der Waals surface area contributed by atoms with Gasteiger partial charge in [0, 0.05) is 19.1 Å². The lowest BCUT2D eigenvalue weighted by Gasteiger charge is -2.29. The van der Waals surface area contributed by atoms with Crippen LogP contribution in [-0.2, 0) is 0 Å². The molecule has 108 valence electrons. The zero-order valence-electron chi connectivity index (χ0n) is 12.4. The van der Waals surface area contributed by atoms with E-state index in [-0.39, 0.29) is 0 Å². The van der Waals surface area contributed by atoms with Gasteiger partial charge < -0.3 is 10.2 Å². The Labute approximate surface area is 122 Å². The van der Waals surface area contributed by atoms with Gasteiger partial charge in [0.1, 0.15) is 0 Å². The Morgan fingerprint density at radius 3 is 2.65 bits per heavy atom. The molecule has 3 aliphatic rings. The molecule has 0 aromatic heterocycles. The van der Waals surface area contributed by atoms with Crippen molar-refractivity contribution >= 4 is 0 Å². The molecule has 2 nitrogen and oxygen atoms in total. The molecule has 0 amide bonds. The lowest BCUT2D eigenvalue weighted by molar-refractivity contribution is 0.201. The minimum absolute atomic E-state index is 0.522. The summed E-state index contributed by atoms with van der Waals surface area (Å²) < 4.78 is 0. The highest BCUT2D eigenvalue weighted by molar-refractivity contribution is 5.19. The molecule has 1 aromatic carbocycles. The molecule has 2 aliphatic carbocycles. The van der Waals surface area contributed by atoms with Gasteiger partial charge in [0.15, 0.2) is 0 Å². The van der Waals surface area contributed by atoms with E-state index >= 15 is 0 Å². The predicted molar refractivity (Wildman–Crippen MR) is 82.6 cm³/mol. The second-order valence-corrected chi connectivity index (χ2v) is 7.14. The smallest absolute Gasteiger partial charge is 0.0449 e. The largest absolute Gasteiger partial charge is 0.309 e. The molecule has 4 rings (SSSR count). The number of nitrogens with zero attached hydrogens (tertiary/aromatic N) is 1. The molecule has 2 heteroatoms. The van der Waals surface area contributed by atoms with Crippen molar-refractivity contribution in [3.05, 3.63) is 35.9 Å². The Hall–Kier alpha value is -0.860. The predicted octanol–water partition coefficient (Wildman–Crippen LogP) is 3.21. The molecule has 1 saturated heterocycles. The van der Waals surface area contributed by atoms with Crippen LogP contribution in [0.3, 0.4) is 0 Å². The molecule has 2 saturated carbocycles. The maximum Gasteiger partial charge on any atom is 0.0449 e. The fourth-order valence-electron chi connectivity index (χ4n) is 4.04. The molecule has 0 bridgehead atoms. The molecule has 1 N–H and O–H groups in total. The van der Waals surface area contributed by atoms with E-state index in [2.05, 4.69) is 40.5 Å². The Balaban J connectivity index is 1.44. The fourth-order valence-corrected chi connectivity index (χ4v) is 4.04. The van der Waals surface area contributed by atoms with Crippen molar-refractivity contribution in [3.63, 3.8) is 0 Å². The fraction of sp³-hybridized carbons (Fsp3) is 0.667. The lowest BCUT2D eigenvalue weighted by atomic mass is 9.99. The Morgan fingerprint density at radius 1 is 1.15 bits per heavy atom. The molecule has 0 spiro atoms. The van der Waals surface area contributed by atoms with Gasteiger partial charge in [-0.1, -0.05) is 30.3 Å². The maximum absolute atomic E-state index is 3.74. The molecular weight excluding hydrogens is 244 g/mol. The molecule has 20 heavy (non-hydrogen) atoms. The summed E-state index contributed by atoms with van der Waals surface area (Å²) in [6, 6.07) is 11.5. The second-order valence-electron chi connectivity index (χ2n) is 7.14. The first-order valence-corrected chi connectivity index (χ1v) is 8.36. The molecule has 0 radical (unpaired) electrons. The average molecular weight is 270 g/mol. The molecule has 1 aromatic rings. The zero-order chi connectivity index (χ0) is 13.4. The van der Waals surface area contributed by atoms with Crippen LogP contribution in [0, 0.1) is 11.3 Å². The minimum atomic E-state index is 0.522. The first-order valence-electron chi connectivity index (χ1n) is 8.36. The van der Waals surface area contributed by atoms with Crippen LogP contribution in [-0.4, -0.2) is 31.1 Å². The Kier molecular flexibility index (Phi) is 3.31. The Morgan fingerprint density at radius 2 is 1.95 bits per heavy atom. The standard InChI is InChI=1S/C18H26N2/c1-2-5-15(6-3-1)17-13-20(12-4-11-19-17)14-18(9-10-18)16-7-8-16/h1-3,5-6,16-17,19H,4,7-14H2. The minimum Gasteiger partial charge on any atom is -0.309 e. The number of hydrogen-bond donors (Lipinski definition) is 1. The van der Waals surface area contributed by atoms with Crippen LogP contribution in [0.5, 0.6) is 0 Å². The summed E-state index contributed by atoms with van der Waals surface area (Å²) in [5.41, 5.74) is 2.20. The molecule has 1 heterocycles. The van der Waals surface area contributed by atoms with Crippen molar-refractivity contribution in [2.45, 2.75) is 38.1 Å². The summed E-state index contributed by atoms with van der Waals surface area (Å²) in [4.78, 5) is 2.75. The number of nitrogens with one attached hydrogen (secondary N) is 1. The summed E-state index contributed by atoms with van der Waals surface area (Å²) in [5, 5.41) is 3.74. The first kappa shape index (κ1) is 12.8. The van der Waals surface area contributed by atoms with Crippen LogP contribution in [0.15, 0.2) is 30.3 Å². The topological polar surface area (TPSA) is 15.3 Å². The second kappa shape index (κ2) is 5.16. The van der Waals surface area contributed by atoms with Gasteiger partial charge in [-0.3, -0.25) is 0 Å². The third-order valence-corrected chi connectivity index (χ3v) is 5.56. The van der Waals surface area contributed by atoms with Crippen molar-refractivity contribution in [3.8, 4) is 0 Å². The lowest BCUT2D eigenvalue weighted by Crippen LogP contribution is -2.36. The van der Waals surface area contributed by atoms with Gasteiger partial charge in [-0.25, -0.2) is 0 Å². The molecule has 1 aliphatic heterocycles. The van der Waals surface area contributed by atoms with Crippen LogP contribution in [0.2, 0.25) is 0 Å². The summed E-state index contributed by atoms with van der Waals surface area (Å²) in [7, 11) is 0. The van der Waals surface area contributed by atoms with Crippen molar-refractivity contribution < 1.29 is 0 Å². The van der Waals surface area contributed by atoms with Crippen molar-refractivity contribution in [1.82, 2.24) is 10.2 Å². The highest BCUT2D eigenvalue weighted by Crippen LogP contribution is 2.61. The van der Waals surface area contributed by atoms with Crippen LogP contribution in [0.25, 0.3) is 0 Å². The first-order chi connectivity index (χ1) is 9.86. The van der Waals surface area contributed by atoms with Gasteiger partial charge in [0.05, 0.1) is 0 Å². The van der Waals surface area contributed by atoms with Gasteiger partial charge in [0.2, 0.25) is 0 Å². The van der Waals surface area contributed by atoms with Crippen LogP contribution >= 0.6 is 0 Å². The summed E-state index contributed by atoms with van der Waals surface area (Å²) in [5.74, 6) is 1.08. The Bertz CT molecular complexity index is 448. The van der Waals surface area contributed by atoms with Gasteiger partial charge in [-0.15, -0.1) is 0 Å². The average Bonchev–Trinajstić information content (AvgIpc) is 3.35. The van der Waals surface area contributed by atoms with Crippen LogP contribution in [0.1, 0.15) is 43.7 Å². The highest BCUT2D eigenvalue weighted by Gasteiger charge is 2.54. The summed E-state index contributed by atoms with van der Waals surface area (Å²) in [6.07, 6.45) is 7.31. The SMILES string of the molecule is c1ccc(C2CN(CC3(C4CC4)CC3)CCCN2)cc1. The summed E-state index contributed by atoms with van der Waals surface area (Å²) in [6.45, 7) is 5.00. The van der Waals surface area contributed by atoms with Gasteiger partial charge in [-0.05, 0) is 62.1 Å². The maximum atomic E-state index is 3.74. The van der Waals surface area contributed by atoms with E-state index in [0.29, 0.717) is 6.04 Å². The van der Waals surface area contributed by atoms with E-state index in [9.17, 15) is 0 Å². The zero-order valence-corrected chi connectivity index (χ0v) is 12.4. The number of benzene rings is 1. The van der Waals surface area contributed by atoms with Crippen molar-refractivity contribution in [1.29, 1.82) is 0 Å². The molecule has 1 unspecified atom stereocenters. The summed E-state index contributed by atoms with van der Waals surface area (Å²) >= 11 is 0. The van der Waals surface area contributed by atoms with Crippen molar-refractivity contribution in [2.24, 2.45) is 11.3 Å². The van der Waals surface area contributed by atoms with Crippen molar-refractivity contribution in [2.75, 3.05) is 26.2 Å². The quantitative estimate of drug-likeness (QED) is 0.904. The van der Waals surface area contributed by atoms with Crippen LogP contribution < -0.4 is 5.32 Å². The molecular formula is C18H26N2. The molecule has 3 fully saturated rings. The van der Waals surface area contributed by atoms with Gasteiger partial charge in [-0.2, -0.15) is 0 Å².